The van der Waals surface area contributed by atoms with Gasteiger partial charge in [-0.05, 0) is 23.6 Å². The molecule has 0 aliphatic heterocycles. The SMILES string of the molecule is CCCCCCCCCCCCCCCCCC.CCCCCCCCCCCCCCCCCC.OP(O)(O)=S.OP(O)(O)=S. The first kappa shape index (κ1) is 53.8. The average molecular weight is 737 g/mol. The fraction of sp³-hybridized carbons (Fsp3) is 1.00. The molecule has 0 aromatic rings. The quantitative estimate of drug-likeness (QED) is 0.0318. The summed E-state index contributed by atoms with van der Waals surface area (Å²) in [4.78, 5) is 45.3. The van der Waals surface area contributed by atoms with Crippen molar-refractivity contribution in [3.05, 3.63) is 0 Å². The van der Waals surface area contributed by atoms with Gasteiger partial charge < -0.3 is 29.4 Å². The molecular weight excluding hydrogens is 654 g/mol. The van der Waals surface area contributed by atoms with Crippen molar-refractivity contribution in [3.63, 3.8) is 0 Å². The van der Waals surface area contributed by atoms with E-state index in [0.717, 1.165) is 0 Å². The Morgan fingerprint density at radius 1 is 0.239 bits per heavy atom. The summed E-state index contributed by atoms with van der Waals surface area (Å²) in [5, 5.41) is 0. The highest BCUT2D eigenvalue weighted by molar-refractivity contribution is 8.06. The highest BCUT2D eigenvalue weighted by atomic mass is 32.5. The molecule has 0 bridgehead atoms. The molecule has 6 nitrogen and oxygen atoms in total. The van der Waals surface area contributed by atoms with Gasteiger partial charge >= 0.3 is 13.4 Å². The third-order valence-corrected chi connectivity index (χ3v) is 7.91. The topological polar surface area (TPSA) is 121 Å². The molecule has 0 rings (SSSR count). The lowest BCUT2D eigenvalue weighted by Gasteiger charge is -2.03. The summed E-state index contributed by atoms with van der Waals surface area (Å²) < 4.78 is 0. The lowest BCUT2D eigenvalue weighted by atomic mass is 10.0. The van der Waals surface area contributed by atoms with Gasteiger partial charge in [0.1, 0.15) is 0 Å². The number of hydrogen-bond donors (Lipinski definition) is 6. The van der Waals surface area contributed by atoms with Gasteiger partial charge in [-0.25, -0.2) is 0 Å². The van der Waals surface area contributed by atoms with E-state index in [0.29, 0.717) is 0 Å². The summed E-state index contributed by atoms with van der Waals surface area (Å²) in [5.74, 6) is 0. The van der Waals surface area contributed by atoms with Crippen molar-refractivity contribution in [1.82, 2.24) is 0 Å². The first-order valence-corrected chi connectivity index (χ1v) is 24.7. The summed E-state index contributed by atoms with van der Waals surface area (Å²) in [6.45, 7) is 1.56. The maximum atomic E-state index is 7.56. The Bertz CT molecular complexity index is 517. The fourth-order valence-corrected chi connectivity index (χ4v) is 5.24. The average Bonchev–Trinajstić information content (AvgIpc) is 2.96. The molecule has 46 heavy (non-hydrogen) atoms. The molecule has 0 atom stereocenters. The normalized spacial score (nSPS) is 11.2. The van der Waals surface area contributed by atoms with Crippen LogP contribution in [-0.4, -0.2) is 29.4 Å². The second kappa shape index (κ2) is 46.1. The molecule has 284 valence electrons. The van der Waals surface area contributed by atoms with Crippen LogP contribution in [0.4, 0.5) is 0 Å². The molecule has 0 saturated carbocycles. The molecule has 0 aliphatic rings. The Balaban J connectivity index is -0.000000296. The molecular formula is C36H82O6P2S2. The smallest absolute Gasteiger partial charge is 0.319 e. The van der Waals surface area contributed by atoms with Crippen molar-refractivity contribution < 1.29 is 29.4 Å². The number of rotatable bonds is 30. The van der Waals surface area contributed by atoms with E-state index < -0.39 is 13.4 Å². The highest BCUT2D eigenvalue weighted by Crippen LogP contribution is 2.27. The van der Waals surface area contributed by atoms with E-state index in [1.807, 2.05) is 0 Å². The molecule has 0 aromatic carbocycles. The van der Waals surface area contributed by atoms with Crippen molar-refractivity contribution in [2.24, 2.45) is 0 Å². The van der Waals surface area contributed by atoms with Gasteiger partial charge in [-0.3, -0.25) is 0 Å². The zero-order valence-corrected chi connectivity index (χ0v) is 34.4. The summed E-state index contributed by atoms with van der Waals surface area (Å²) >= 11 is 7.21. The van der Waals surface area contributed by atoms with Crippen LogP contribution in [0.5, 0.6) is 0 Å². The molecule has 0 unspecified atom stereocenters. The van der Waals surface area contributed by atoms with E-state index in [1.165, 1.54) is 205 Å². The predicted octanol–water partition coefficient (Wildman–Crippen LogP) is 12.9. The van der Waals surface area contributed by atoms with Crippen LogP contribution in [0.25, 0.3) is 0 Å². The van der Waals surface area contributed by atoms with Crippen LogP contribution < -0.4 is 0 Å². The van der Waals surface area contributed by atoms with Gasteiger partial charge in [0, 0.05) is 0 Å². The van der Waals surface area contributed by atoms with Crippen LogP contribution >= 0.6 is 13.4 Å². The lowest BCUT2D eigenvalue weighted by molar-refractivity contribution is 0.361. The minimum absolute atomic E-state index is 1.37. The van der Waals surface area contributed by atoms with Gasteiger partial charge in [-0.1, -0.05) is 233 Å². The van der Waals surface area contributed by atoms with Crippen molar-refractivity contribution in [3.8, 4) is 0 Å². The van der Waals surface area contributed by atoms with Crippen LogP contribution in [0.2, 0.25) is 0 Å². The molecule has 0 heterocycles. The Hall–Kier alpha value is 1.06. The molecule has 0 spiro atoms. The van der Waals surface area contributed by atoms with Crippen molar-refractivity contribution >= 4 is 37.1 Å². The zero-order valence-electron chi connectivity index (χ0n) is 31.0. The summed E-state index contributed by atoms with van der Waals surface area (Å²) in [5.41, 5.74) is 0. The minimum Gasteiger partial charge on any atom is -0.325 e. The third kappa shape index (κ3) is 90.7. The van der Waals surface area contributed by atoms with E-state index in [1.54, 1.807) is 0 Å². The monoisotopic (exact) mass is 737 g/mol. The summed E-state index contributed by atoms with van der Waals surface area (Å²) in [6.07, 6.45) is 46.8. The first-order valence-electron chi connectivity index (χ1n) is 19.4. The molecule has 6 N–H and O–H groups in total. The van der Waals surface area contributed by atoms with E-state index in [2.05, 4.69) is 51.3 Å². The molecule has 0 aromatic heterocycles. The highest BCUT2D eigenvalue weighted by Gasteiger charge is 1.96. The van der Waals surface area contributed by atoms with Crippen LogP contribution in [0.15, 0.2) is 0 Å². The predicted molar refractivity (Wildman–Crippen MR) is 212 cm³/mol. The molecule has 0 amide bonds. The molecule has 10 heteroatoms. The number of unbranched alkanes of at least 4 members (excludes halogenated alkanes) is 30. The zero-order chi connectivity index (χ0) is 35.6. The van der Waals surface area contributed by atoms with Crippen LogP contribution in [0.3, 0.4) is 0 Å². The van der Waals surface area contributed by atoms with Crippen LogP contribution in [0, 0.1) is 0 Å². The van der Waals surface area contributed by atoms with Crippen molar-refractivity contribution in [1.29, 1.82) is 0 Å². The van der Waals surface area contributed by atoms with E-state index in [-0.39, 0.29) is 0 Å². The van der Waals surface area contributed by atoms with Gasteiger partial charge in [-0.2, -0.15) is 0 Å². The van der Waals surface area contributed by atoms with E-state index in [4.69, 9.17) is 29.4 Å². The Labute approximate surface area is 298 Å². The van der Waals surface area contributed by atoms with E-state index in [9.17, 15) is 0 Å². The van der Waals surface area contributed by atoms with Gasteiger partial charge in [-0.15, -0.1) is 0 Å². The standard InChI is InChI=1S/2C18H38.2H3O3PS/c2*1-3-5-7-9-11-13-15-17-18-16-14-12-10-8-6-4-2;2*1-4(2,3)5/h2*3-18H2,1-2H3;2*(H3,1,2,3,5). The first-order chi connectivity index (χ1) is 21.8. The molecule has 0 aliphatic carbocycles. The number of hydrogen-bond acceptors (Lipinski definition) is 2. The summed E-state index contributed by atoms with van der Waals surface area (Å²) in [7, 11) is 0. The lowest BCUT2D eigenvalue weighted by Crippen LogP contribution is -1.83. The van der Waals surface area contributed by atoms with Gasteiger partial charge in [0.25, 0.3) is 0 Å². The Morgan fingerprint density at radius 2 is 0.304 bits per heavy atom. The molecule has 0 radical (unpaired) electrons. The maximum absolute atomic E-state index is 7.56. The van der Waals surface area contributed by atoms with Gasteiger partial charge in [0.05, 0.1) is 0 Å². The van der Waals surface area contributed by atoms with E-state index >= 15 is 0 Å². The van der Waals surface area contributed by atoms with Crippen molar-refractivity contribution in [2.45, 2.75) is 233 Å². The summed E-state index contributed by atoms with van der Waals surface area (Å²) in [6, 6.07) is 0. The molecule has 0 saturated heterocycles. The van der Waals surface area contributed by atoms with Crippen LogP contribution in [0.1, 0.15) is 233 Å². The second-order valence-corrected chi connectivity index (χ2v) is 17.9. The fourth-order valence-electron chi connectivity index (χ4n) is 5.24. The Morgan fingerprint density at radius 3 is 0.370 bits per heavy atom. The maximum Gasteiger partial charge on any atom is 0.319 e. The van der Waals surface area contributed by atoms with Gasteiger partial charge in [0.15, 0.2) is 0 Å². The third-order valence-electron chi connectivity index (χ3n) is 7.91. The van der Waals surface area contributed by atoms with Gasteiger partial charge in [0.2, 0.25) is 0 Å². The minimum atomic E-state index is -3.81. The Kier molecular flexibility index (Phi) is 53.9. The van der Waals surface area contributed by atoms with Crippen LogP contribution in [-0.2, 0) is 23.6 Å². The molecule has 0 fully saturated rings. The van der Waals surface area contributed by atoms with Crippen molar-refractivity contribution in [2.75, 3.05) is 0 Å². The largest absolute Gasteiger partial charge is 0.325 e. The second-order valence-electron chi connectivity index (χ2n) is 12.9.